The van der Waals surface area contributed by atoms with Gasteiger partial charge in [0.15, 0.2) is 0 Å². The molecule has 0 aromatic heterocycles. The van der Waals surface area contributed by atoms with E-state index in [1.807, 2.05) is 18.2 Å². The summed E-state index contributed by atoms with van der Waals surface area (Å²) in [6, 6.07) is 8.75. The fraction of sp³-hybridized carbons (Fsp3) is 0.154. The molecule has 2 N–H and O–H groups in total. The van der Waals surface area contributed by atoms with E-state index >= 15 is 0 Å². The van der Waals surface area contributed by atoms with Crippen LogP contribution < -0.4 is 5.32 Å². The van der Waals surface area contributed by atoms with Gasteiger partial charge in [-0.3, -0.25) is 4.99 Å². The van der Waals surface area contributed by atoms with Gasteiger partial charge in [-0.2, -0.15) is 0 Å². The smallest absolute Gasteiger partial charge is 0.133 e. The molecule has 0 saturated carbocycles. The van der Waals surface area contributed by atoms with Gasteiger partial charge in [-0.25, -0.2) is 0 Å². The van der Waals surface area contributed by atoms with Crippen molar-refractivity contribution in [2.75, 3.05) is 13.1 Å². The van der Waals surface area contributed by atoms with Crippen molar-refractivity contribution in [1.29, 1.82) is 0 Å². The molecule has 3 heteroatoms. The van der Waals surface area contributed by atoms with Gasteiger partial charge < -0.3 is 10.4 Å². The van der Waals surface area contributed by atoms with Crippen LogP contribution in [0.4, 0.5) is 0 Å². The first kappa shape index (κ1) is 10.3. The van der Waals surface area contributed by atoms with E-state index in [-0.39, 0.29) is 5.75 Å². The van der Waals surface area contributed by atoms with E-state index < -0.39 is 0 Å². The first-order valence-corrected chi connectivity index (χ1v) is 5.07. The molecule has 80 valence electrons. The van der Waals surface area contributed by atoms with Gasteiger partial charge in [0.1, 0.15) is 5.75 Å². The molecule has 0 fully saturated rings. The lowest BCUT2D eigenvalue weighted by Gasteiger charge is -2.08. The van der Waals surface area contributed by atoms with Crippen molar-refractivity contribution >= 4 is 6.21 Å². The third kappa shape index (κ3) is 2.64. The quantitative estimate of drug-likeness (QED) is 0.745. The first-order chi connectivity index (χ1) is 7.86. The fourth-order valence-electron chi connectivity index (χ4n) is 1.34. The molecule has 16 heavy (non-hydrogen) atoms. The number of aliphatic imine (C=N–C) groups is 1. The Balaban J connectivity index is 1.97. The molecule has 0 aliphatic carbocycles. The van der Waals surface area contributed by atoms with Crippen molar-refractivity contribution in [3.8, 4) is 5.75 Å². The Morgan fingerprint density at radius 2 is 2.50 bits per heavy atom. The number of rotatable bonds is 3. The van der Waals surface area contributed by atoms with Crippen molar-refractivity contribution in [3.05, 3.63) is 53.8 Å². The highest BCUT2D eigenvalue weighted by molar-refractivity contribution is 5.82. The van der Waals surface area contributed by atoms with E-state index in [2.05, 4.69) is 22.4 Å². The zero-order valence-corrected chi connectivity index (χ0v) is 8.77. The molecule has 0 saturated heterocycles. The summed E-state index contributed by atoms with van der Waals surface area (Å²) < 4.78 is 0. The maximum absolute atomic E-state index is 9.46. The minimum absolute atomic E-state index is 0.174. The maximum atomic E-state index is 9.46. The number of nitrogens with one attached hydrogen (secondary N) is 1. The van der Waals surface area contributed by atoms with Gasteiger partial charge in [0, 0.05) is 18.5 Å². The summed E-state index contributed by atoms with van der Waals surface area (Å²) in [6.45, 7) is 1.42. The van der Waals surface area contributed by atoms with E-state index in [1.165, 1.54) is 0 Å². The molecule has 1 aromatic carbocycles. The molecule has 0 spiro atoms. The van der Waals surface area contributed by atoms with Gasteiger partial charge in [0.2, 0.25) is 0 Å². The van der Waals surface area contributed by atoms with Crippen LogP contribution in [0.2, 0.25) is 0 Å². The van der Waals surface area contributed by atoms with E-state index in [0.717, 1.165) is 12.2 Å². The van der Waals surface area contributed by atoms with Gasteiger partial charge in [-0.05, 0) is 18.2 Å². The van der Waals surface area contributed by atoms with Crippen LogP contribution in [0.15, 0.2) is 41.1 Å². The summed E-state index contributed by atoms with van der Waals surface area (Å²) in [5.41, 5.74) is 1.63. The standard InChI is InChI=1S/C13H12N2O/c16-13-7-2-1-5-11(13)9-14-10-12-6-3-4-8-15-12/h2-4,6-7,9,15-16H,8,10H2/b14-9+. The van der Waals surface area contributed by atoms with E-state index in [1.54, 1.807) is 18.3 Å². The van der Waals surface area contributed by atoms with Crippen molar-refractivity contribution in [3.63, 3.8) is 0 Å². The van der Waals surface area contributed by atoms with Gasteiger partial charge in [0.25, 0.3) is 0 Å². The van der Waals surface area contributed by atoms with E-state index in [0.29, 0.717) is 12.1 Å². The molecule has 3 nitrogen and oxygen atoms in total. The second-order valence-corrected chi connectivity index (χ2v) is 3.37. The van der Waals surface area contributed by atoms with Crippen LogP contribution in [-0.4, -0.2) is 24.4 Å². The second-order valence-electron chi connectivity index (χ2n) is 3.37. The van der Waals surface area contributed by atoms with Crippen molar-refractivity contribution in [2.45, 2.75) is 0 Å². The average molecular weight is 212 g/mol. The Labute approximate surface area is 94.8 Å². The first-order valence-electron chi connectivity index (χ1n) is 5.07. The predicted octanol–water partition coefficient (Wildman–Crippen LogP) is 1.45. The van der Waals surface area contributed by atoms with Crippen LogP contribution >= 0.6 is 0 Å². The van der Waals surface area contributed by atoms with Crippen molar-refractivity contribution in [2.24, 2.45) is 4.99 Å². The Morgan fingerprint density at radius 1 is 1.56 bits per heavy atom. The number of dihydropyridines is 1. The summed E-state index contributed by atoms with van der Waals surface area (Å²) in [4.78, 5) is 4.23. The lowest BCUT2D eigenvalue weighted by Crippen LogP contribution is -2.17. The highest BCUT2D eigenvalue weighted by atomic mass is 16.3. The predicted molar refractivity (Wildman–Crippen MR) is 63.5 cm³/mol. The SMILES string of the molecule is Oc1ccc#cc1/C=N/CC1=CC=CCN1. The summed E-state index contributed by atoms with van der Waals surface area (Å²) >= 11 is 0. The Morgan fingerprint density at radius 3 is 3.25 bits per heavy atom. The lowest BCUT2D eigenvalue weighted by atomic mass is 10.2. The number of aromatic hydroxyl groups is 1. The summed E-state index contributed by atoms with van der Waals surface area (Å²) in [5, 5.41) is 12.7. The molecule has 2 rings (SSSR count). The number of allylic oxidation sites excluding steroid dienone is 2. The van der Waals surface area contributed by atoms with E-state index in [9.17, 15) is 5.11 Å². The average Bonchev–Trinajstić information content (AvgIpc) is 2.33. The summed E-state index contributed by atoms with van der Waals surface area (Å²) in [7, 11) is 0. The molecular weight excluding hydrogens is 200 g/mol. The van der Waals surface area contributed by atoms with Crippen LogP contribution in [0.1, 0.15) is 5.56 Å². The molecule has 0 atom stereocenters. The number of hydrogen-bond donors (Lipinski definition) is 2. The summed E-state index contributed by atoms with van der Waals surface area (Å²) in [5.74, 6) is 0.174. The second kappa shape index (κ2) is 5.04. The topological polar surface area (TPSA) is 44.6 Å². The molecular formula is C13H12N2O. The fourth-order valence-corrected chi connectivity index (χ4v) is 1.34. The highest BCUT2D eigenvalue weighted by Gasteiger charge is 1.97. The third-order valence-corrected chi connectivity index (χ3v) is 2.17. The largest absolute Gasteiger partial charge is 0.507 e. The van der Waals surface area contributed by atoms with Gasteiger partial charge in [-0.15, -0.1) is 0 Å². The Hall–Kier alpha value is -2.21. The van der Waals surface area contributed by atoms with Gasteiger partial charge >= 0.3 is 0 Å². The zero-order valence-electron chi connectivity index (χ0n) is 8.77. The van der Waals surface area contributed by atoms with Crippen LogP contribution in [-0.2, 0) is 0 Å². The van der Waals surface area contributed by atoms with Crippen molar-refractivity contribution in [1.82, 2.24) is 5.32 Å². The Bertz CT molecular complexity index is 447. The molecule has 0 bridgehead atoms. The third-order valence-electron chi connectivity index (χ3n) is 2.17. The van der Waals surface area contributed by atoms with Crippen LogP contribution in [0, 0.1) is 12.1 Å². The minimum Gasteiger partial charge on any atom is -0.507 e. The normalized spacial score (nSPS) is 14.4. The Kier molecular flexibility index (Phi) is 3.25. The molecule has 0 radical (unpaired) electrons. The molecule has 0 unspecified atom stereocenters. The molecule has 1 heterocycles. The number of hydrogen-bond acceptors (Lipinski definition) is 3. The molecule has 1 aromatic rings. The highest BCUT2D eigenvalue weighted by Crippen LogP contribution is 2.09. The van der Waals surface area contributed by atoms with Gasteiger partial charge in [0.05, 0.1) is 12.1 Å². The van der Waals surface area contributed by atoms with Crippen LogP contribution in [0.5, 0.6) is 5.75 Å². The maximum Gasteiger partial charge on any atom is 0.133 e. The lowest BCUT2D eigenvalue weighted by molar-refractivity contribution is 0.474. The number of nitrogens with zero attached hydrogens (tertiary/aromatic N) is 1. The molecule has 1 aliphatic rings. The van der Waals surface area contributed by atoms with Crippen molar-refractivity contribution < 1.29 is 5.11 Å². The minimum atomic E-state index is 0.174. The summed E-state index contributed by atoms with van der Waals surface area (Å²) in [6.07, 6.45) is 7.63. The van der Waals surface area contributed by atoms with Crippen LogP contribution in [0.25, 0.3) is 0 Å². The van der Waals surface area contributed by atoms with E-state index in [4.69, 9.17) is 0 Å². The molecule has 1 aliphatic heterocycles. The van der Waals surface area contributed by atoms with Gasteiger partial charge in [-0.1, -0.05) is 24.3 Å². The molecule has 0 amide bonds. The monoisotopic (exact) mass is 212 g/mol. The zero-order chi connectivity index (χ0) is 11.2. The van der Waals surface area contributed by atoms with Crippen LogP contribution in [0.3, 0.4) is 0 Å².